The quantitative estimate of drug-likeness (QED) is 0.905. The maximum absolute atomic E-state index is 12.9. The van der Waals surface area contributed by atoms with Gasteiger partial charge in [0, 0.05) is 19.1 Å². The van der Waals surface area contributed by atoms with E-state index in [0.29, 0.717) is 12.6 Å². The van der Waals surface area contributed by atoms with E-state index in [-0.39, 0.29) is 11.8 Å². The van der Waals surface area contributed by atoms with Crippen molar-refractivity contribution in [3.8, 4) is 0 Å². The lowest BCUT2D eigenvalue weighted by atomic mass is 9.96. The highest BCUT2D eigenvalue weighted by Crippen LogP contribution is 2.22. The summed E-state index contributed by atoms with van der Waals surface area (Å²) < 4.78 is 0. The molecule has 3 nitrogen and oxygen atoms in total. The van der Waals surface area contributed by atoms with Gasteiger partial charge in [-0.1, -0.05) is 50.1 Å². The molecule has 1 aromatic rings. The Labute approximate surface area is 128 Å². The van der Waals surface area contributed by atoms with E-state index in [4.69, 9.17) is 5.73 Å². The van der Waals surface area contributed by atoms with Crippen LogP contribution in [-0.2, 0) is 11.2 Å². The third kappa shape index (κ3) is 4.31. The van der Waals surface area contributed by atoms with Crippen LogP contribution in [0.5, 0.6) is 0 Å². The summed E-state index contributed by atoms with van der Waals surface area (Å²) in [6.07, 6.45) is 6.56. The summed E-state index contributed by atoms with van der Waals surface area (Å²) in [7, 11) is 0. The Kier molecular flexibility index (Phi) is 6.24. The zero-order valence-corrected chi connectivity index (χ0v) is 13.1. The molecule has 0 aromatic heterocycles. The molecule has 1 amide bonds. The lowest BCUT2D eigenvalue weighted by Crippen LogP contribution is -2.45. The van der Waals surface area contributed by atoms with Gasteiger partial charge in [-0.3, -0.25) is 4.79 Å². The molecule has 2 rings (SSSR count). The van der Waals surface area contributed by atoms with Crippen LogP contribution in [0.15, 0.2) is 30.3 Å². The number of carbonyl (C=O) groups is 1. The zero-order chi connectivity index (χ0) is 15.1. The number of likely N-dealkylation sites (tertiary alicyclic amines) is 1. The van der Waals surface area contributed by atoms with Gasteiger partial charge in [-0.2, -0.15) is 0 Å². The molecule has 0 radical (unpaired) electrons. The van der Waals surface area contributed by atoms with E-state index >= 15 is 0 Å². The number of benzene rings is 1. The fourth-order valence-electron chi connectivity index (χ4n) is 3.30. The molecule has 0 bridgehead atoms. The second-order valence-corrected chi connectivity index (χ2v) is 6.07. The molecule has 1 saturated heterocycles. The third-order valence-electron chi connectivity index (χ3n) is 4.59. The van der Waals surface area contributed by atoms with Gasteiger partial charge in [0.1, 0.15) is 0 Å². The highest BCUT2D eigenvalue weighted by Gasteiger charge is 2.29. The van der Waals surface area contributed by atoms with Crippen LogP contribution in [0.4, 0.5) is 0 Å². The van der Waals surface area contributed by atoms with E-state index < -0.39 is 0 Å². The Morgan fingerprint density at radius 1 is 1.29 bits per heavy atom. The number of amides is 1. The first kappa shape index (κ1) is 16.0. The highest BCUT2D eigenvalue weighted by atomic mass is 16.2. The molecule has 0 spiro atoms. The molecule has 1 aliphatic heterocycles. The van der Waals surface area contributed by atoms with Crippen LogP contribution in [0.25, 0.3) is 0 Å². The van der Waals surface area contributed by atoms with Crippen LogP contribution >= 0.6 is 0 Å². The van der Waals surface area contributed by atoms with Gasteiger partial charge < -0.3 is 10.6 Å². The Bertz CT molecular complexity index is 432. The van der Waals surface area contributed by atoms with Crippen molar-refractivity contribution in [3.63, 3.8) is 0 Å². The molecule has 0 aliphatic carbocycles. The normalized spacial score (nSPS) is 20.9. The highest BCUT2D eigenvalue weighted by molar-refractivity contribution is 5.79. The van der Waals surface area contributed by atoms with Crippen LogP contribution in [0.3, 0.4) is 0 Å². The first-order valence-electron chi connectivity index (χ1n) is 8.30. The second kappa shape index (κ2) is 8.18. The molecule has 1 aliphatic rings. The van der Waals surface area contributed by atoms with E-state index in [9.17, 15) is 4.79 Å². The lowest BCUT2D eigenvalue weighted by Gasteiger charge is -2.32. The lowest BCUT2D eigenvalue weighted by molar-refractivity contribution is -0.137. The predicted molar refractivity (Wildman–Crippen MR) is 87.0 cm³/mol. The van der Waals surface area contributed by atoms with Gasteiger partial charge in [-0.15, -0.1) is 0 Å². The molecule has 1 heterocycles. The number of hydrogen-bond acceptors (Lipinski definition) is 2. The third-order valence-corrected chi connectivity index (χ3v) is 4.59. The van der Waals surface area contributed by atoms with Crippen molar-refractivity contribution in [2.45, 2.75) is 51.5 Å². The SMILES string of the molecule is CCC1CCCCCN1C(=O)C(CN)Cc1ccccc1. The maximum Gasteiger partial charge on any atom is 0.227 e. The van der Waals surface area contributed by atoms with Crippen molar-refractivity contribution in [1.82, 2.24) is 4.90 Å². The fraction of sp³-hybridized carbons (Fsp3) is 0.611. The van der Waals surface area contributed by atoms with Crippen molar-refractivity contribution >= 4 is 5.91 Å². The molecular weight excluding hydrogens is 260 g/mol. The van der Waals surface area contributed by atoms with Crippen molar-refractivity contribution < 1.29 is 4.79 Å². The molecule has 2 unspecified atom stereocenters. The van der Waals surface area contributed by atoms with E-state index in [1.165, 1.54) is 18.4 Å². The van der Waals surface area contributed by atoms with Crippen molar-refractivity contribution in [3.05, 3.63) is 35.9 Å². The van der Waals surface area contributed by atoms with E-state index in [1.54, 1.807) is 0 Å². The number of carbonyl (C=O) groups excluding carboxylic acids is 1. The smallest absolute Gasteiger partial charge is 0.227 e. The molecule has 116 valence electrons. The second-order valence-electron chi connectivity index (χ2n) is 6.07. The summed E-state index contributed by atoms with van der Waals surface area (Å²) in [5.74, 6) is 0.176. The largest absolute Gasteiger partial charge is 0.339 e. The summed E-state index contributed by atoms with van der Waals surface area (Å²) in [5.41, 5.74) is 7.10. The van der Waals surface area contributed by atoms with Gasteiger partial charge >= 0.3 is 0 Å². The average molecular weight is 288 g/mol. The van der Waals surface area contributed by atoms with E-state index in [1.807, 2.05) is 18.2 Å². The van der Waals surface area contributed by atoms with Crippen LogP contribution in [0.2, 0.25) is 0 Å². The number of nitrogens with zero attached hydrogens (tertiary/aromatic N) is 1. The Balaban J connectivity index is 2.07. The van der Waals surface area contributed by atoms with Crippen molar-refractivity contribution in [1.29, 1.82) is 0 Å². The molecule has 1 aromatic carbocycles. The number of hydrogen-bond donors (Lipinski definition) is 1. The minimum Gasteiger partial charge on any atom is -0.339 e. The van der Waals surface area contributed by atoms with Crippen molar-refractivity contribution in [2.75, 3.05) is 13.1 Å². The summed E-state index contributed by atoms with van der Waals surface area (Å²) >= 11 is 0. The van der Waals surface area contributed by atoms with Crippen molar-refractivity contribution in [2.24, 2.45) is 11.7 Å². The molecular formula is C18H28N2O. The van der Waals surface area contributed by atoms with Crippen LogP contribution in [-0.4, -0.2) is 29.9 Å². The van der Waals surface area contributed by atoms with Crippen LogP contribution < -0.4 is 5.73 Å². The molecule has 2 atom stereocenters. The first-order valence-corrected chi connectivity index (χ1v) is 8.30. The van der Waals surface area contributed by atoms with Gasteiger partial charge in [0.25, 0.3) is 0 Å². The Morgan fingerprint density at radius 3 is 2.71 bits per heavy atom. The monoisotopic (exact) mass is 288 g/mol. The molecule has 0 saturated carbocycles. The minimum absolute atomic E-state index is 0.0838. The summed E-state index contributed by atoms with van der Waals surface area (Å²) in [4.78, 5) is 15.0. The molecule has 2 N–H and O–H groups in total. The summed E-state index contributed by atoms with van der Waals surface area (Å²) in [6.45, 7) is 3.52. The van der Waals surface area contributed by atoms with Crippen LogP contribution in [0, 0.1) is 5.92 Å². The number of rotatable bonds is 5. The average Bonchev–Trinajstić information content (AvgIpc) is 2.78. The minimum atomic E-state index is -0.0838. The maximum atomic E-state index is 12.9. The number of nitrogens with two attached hydrogens (primary N) is 1. The first-order chi connectivity index (χ1) is 10.3. The Morgan fingerprint density at radius 2 is 2.05 bits per heavy atom. The van der Waals surface area contributed by atoms with Gasteiger partial charge in [-0.25, -0.2) is 0 Å². The Hall–Kier alpha value is -1.35. The van der Waals surface area contributed by atoms with E-state index in [0.717, 1.165) is 32.2 Å². The molecule has 3 heteroatoms. The van der Waals surface area contributed by atoms with Gasteiger partial charge in [0.05, 0.1) is 5.92 Å². The fourth-order valence-corrected chi connectivity index (χ4v) is 3.30. The predicted octanol–water partition coefficient (Wildman–Crippen LogP) is 2.99. The van der Waals surface area contributed by atoms with Gasteiger partial charge in [0.2, 0.25) is 5.91 Å². The standard InChI is InChI=1S/C18H28N2O/c1-2-17-11-7-4-8-12-20(17)18(21)16(14-19)13-15-9-5-3-6-10-15/h3,5-6,9-10,16-17H,2,4,7-8,11-14,19H2,1H3. The van der Waals surface area contributed by atoms with Crippen LogP contribution in [0.1, 0.15) is 44.6 Å². The van der Waals surface area contributed by atoms with Gasteiger partial charge in [-0.05, 0) is 31.2 Å². The molecule has 1 fully saturated rings. The van der Waals surface area contributed by atoms with Gasteiger partial charge in [0.15, 0.2) is 0 Å². The van der Waals surface area contributed by atoms with E-state index in [2.05, 4.69) is 24.0 Å². The zero-order valence-electron chi connectivity index (χ0n) is 13.1. The molecule has 21 heavy (non-hydrogen) atoms. The summed E-state index contributed by atoms with van der Waals surface area (Å²) in [6, 6.07) is 10.6. The topological polar surface area (TPSA) is 46.3 Å². The summed E-state index contributed by atoms with van der Waals surface area (Å²) in [5, 5.41) is 0.